The third kappa shape index (κ3) is 4.06. The number of benzene rings is 2. The van der Waals surface area contributed by atoms with E-state index < -0.39 is 0 Å². The number of nitrogens with one attached hydrogen (secondary N) is 2. The first-order valence-electron chi connectivity index (χ1n) is 10.0. The number of hydrogen-bond donors (Lipinski definition) is 2. The van der Waals surface area contributed by atoms with Crippen molar-refractivity contribution < 1.29 is 4.79 Å². The van der Waals surface area contributed by atoms with Gasteiger partial charge in [0.05, 0.1) is 17.6 Å². The summed E-state index contributed by atoms with van der Waals surface area (Å²) in [5.74, 6) is 0.234. The van der Waals surface area contributed by atoms with E-state index in [1.165, 1.54) is 17.5 Å². The molecule has 0 unspecified atom stereocenters. The zero-order valence-electron chi connectivity index (χ0n) is 16.9. The van der Waals surface area contributed by atoms with Gasteiger partial charge in [-0.25, -0.2) is 14.6 Å². The summed E-state index contributed by atoms with van der Waals surface area (Å²) in [4.78, 5) is 36.7. The molecule has 5 aromatic rings. The van der Waals surface area contributed by atoms with Crippen LogP contribution in [0.3, 0.4) is 0 Å². The summed E-state index contributed by atoms with van der Waals surface area (Å²) < 4.78 is 1.62. The molecule has 3 heterocycles. The number of aryl methyl sites for hydroxylation is 1. The van der Waals surface area contributed by atoms with Crippen LogP contribution >= 0.6 is 11.3 Å². The maximum Gasteiger partial charge on any atom is 0.262 e. The fourth-order valence-electron chi connectivity index (χ4n) is 3.33. The number of aromatic nitrogens is 5. The number of rotatable bonds is 6. The van der Waals surface area contributed by atoms with Gasteiger partial charge >= 0.3 is 0 Å². The molecular formula is C23H18N6O2S. The summed E-state index contributed by atoms with van der Waals surface area (Å²) >= 11 is 1.37. The Morgan fingerprint density at radius 1 is 1.03 bits per heavy atom. The van der Waals surface area contributed by atoms with Crippen LogP contribution in [0.15, 0.2) is 77.0 Å². The van der Waals surface area contributed by atoms with Gasteiger partial charge in [-0.2, -0.15) is 5.10 Å². The molecule has 5 rings (SSSR count). The van der Waals surface area contributed by atoms with Gasteiger partial charge in [-0.05, 0) is 12.1 Å². The molecule has 0 fully saturated rings. The number of para-hydroxylation sites is 1. The Morgan fingerprint density at radius 3 is 2.56 bits per heavy atom. The summed E-state index contributed by atoms with van der Waals surface area (Å²) in [6, 6.07) is 19.2. The highest BCUT2D eigenvalue weighted by atomic mass is 32.1. The van der Waals surface area contributed by atoms with E-state index in [0.29, 0.717) is 22.0 Å². The van der Waals surface area contributed by atoms with Gasteiger partial charge in [-0.3, -0.25) is 9.59 Å². The molecule has 0 radical (unpaired) electrons. The van der Waals surface area contributed by atoms with E-state index in [4.69, 9.17) is 0 Å². The first-order valence-corrected chi connectivity index (χ1v) is 10.9. The Morgan fingerprint density at radius 2 is 1.78 bits per heavy atom. The van der Waals surface area contributed by atoms with E-state index in [9.17, 15) is 9.59 Å². The molecule has 9 heteroatoms. The molecule has 0 aliphatic rings. The fraction of sp³-hybridized carbons (Fsp3) is 0.0870. The maximum absolute atomic E-state index is 12.5. The number of hydrogen-bond acceptors (Lipinski definition) is 6. The maximum atomic E-state index is 12.5. The summed E-state index contributed by atoms with van der Waals surface area (Å²) in [5, 5.41) is 9.95. The number of fused-ring (bicyclic) bond motifs is 1. The molecule has 32 heavy (non-hydrogen) atoms. The summed E-state index contributed by atoms with van der Waals surface area (Å²) in [6.45, 7) is 0. The van der Waals surface area contributed by atoms with Gasteiger partial charge in [-0.15, -0.1) is 11.3 Å². The first-order chi connectivity index (χ1) is 15.7. The van der Waals surface area contributed by atoms with Crippen molar-refractivity contribution in [1.82, 2.24) is 24.7 Å². The molecule has 2 aromatic carbocycles. The number of aromatic amines is 1. The molecule has 0 spiro atoms. The van der Waals surface area contributed by atoms with Crippen molar-refractivity contribution in [3.05, 3.63) is 88.4 Å². The number of amides is 1. The average Bonchev–Trinajstić information content (AvgIpc) is 3.46. The number of carbonyl (C=O) groups is 1. The molecular weight excluding hydrogens is 424 g/mol. The van der Waals surface area contributed by atoms with Crippen LogP contribution in [0.5, 0.6) is 0 Å². The molecule has 1 amide bonds. The Hall–Kier alpha value is -4.11. The molecule has 8 nitrogen and oxygen atoms in total. The highest BCUT2D eigenvalue weighted by Crippen LogP contribution is 2.24. The van der Waals surface area contributed by atoms with Gasteiger partial charge in [-0.1, -0.05) is 48.5 Å². The Kier molecular flexibility index (Phi) is 5.30. The standard InChI is InChI=1S/C23H18N6O2S/c30-20(28-23-25-18(14-32-23)15-7-3-1-4-8-15)12-11-19-26-21-17(22(31)27-19)13-24-29(21)16-9-5-2-6-10-16/h1-10,13-14H,11-12H2,(H,25,28,30)(H,26,27,31). The molecule has 2 N–H and O–H groups in total. The lowest BCUT2D eigenvalue weighted by Crippen LogP contribution is -2.16. The largest absolute Gasteiger partial charge is 0.310 e. The number of nitrogens with zero attached hydrogens (tertiary/aromatic N) is 4. The lowest BCUT2D eigenvalue weighted by Gasteiger charge is -2.05. The molecule has 158 valence electrons. The fourth-order valence-corrected chi connectivity index (χ4v) is 4.06. The van der Waals surface area contributed by atoms with Gasteiger partial charge < -0.3 is 10.3 Å². The Labute approximate surface area is 186 Å². The predicted octanol–water partition coefficient (Wildman–Crippen LogP) is 3.80. The number of anilines is 1. The summed E-state index contributed by atoms with van der Waals surface area (Å²) in [7, 11) is 0. The van der Waals surface area contributed by atoms with Gasteiger partial charge in [0.25, 0.3) is 5.56 Å². The lowest BCUT2D eigenvalue weighted by molar-refractivity contribution is -0.116. The minimum atomic E-state index is -0.278. The molecule has 0 aliphatic heterocycles. The van der Waals surface area contributed by atoms with Gasteiger partial charge in [0.15, 0.2) is 10.8 Å². The van der Waals surface area contributed by atoms with E-state index in [1.54, 1.807) is 4.68 Å². The van der Waals surface area contributed by atoms with Crippen molar-refractivity contribution in [1.29, 1.82) is 0 Å². The van der Waals surface area contributed by atoms with Crippen molar-refractivity contribution in [2.45, 2.75) is 12.8 Å². The second kappa shape index (κ2) is 8.56. The van der Waals surface area contributed by atoms with Crippen LogP contribution in [0.25, 0.3) is 28.0 Å². The van der Waals surface area contributed by atoms with Crippen molar-refractivity contribution in [2.75, 3.05) is 5.32 Å². The summed E-state index contributed by atoms with van der Waals surface area (Å²) in [6.07, 6.45) is 1.94. The highest BCUT2D eigenvalue weighted by molar-refractivity contribution is 7.14. The van der Waals surface area contributed by atoms with Gasteiger partial charge in [0, 0.05) is 23.8 Å². The SMILES string of the molecule is O=C(CCc1nc2c(cnn2-c2ccccc2)c(=O)[nH]1)Nc1nc(-c2ccccc2)cs1. The minimum Gasteiger partial charge on any atom is -0.310 e. The monoisotopic (exact) mass is 442 g/mol. The predicted molar refractivity (Wildman–Crippen MR) is 124 cm³/mol. The molecule has 0 saturated carbocycles. The van der Waals surface area contributed by atoms with Crippen LogP contribution < -0.4 is 10.9 Å². The summed E-state index contributed by atoms with van der Waals surface area (Å²) in [5.41, 5.74) is 2.80. The second-order valence-electron chi connectivity index (χ2n) is 7.09. The van der Waals surface area contributed by atoms with Gasteiger partial charge in [0.2, 0.25) is 5.91 Å². The number of thiazole rings is 1. The smallest absolute Gasteiger partial charge is 0.262 e. The quantitative estimate of drug-likeness (QED) is 0.416. The van der Waals surface area contributed by atoms with Crippen LogP contribution in [0.1, 0.15) is 12.2 Å². The normalized spacial score (nSPS) is 11.0. The Balaban J connectivity index is 1.29. The second-order valence-corrected chi connectivity index (χ2v) is 7.95. The van der Waals surface area contributed by atoms with Gasteiger partial charge in [0.1, 0.15) is 11.2 Å². The molecule has 0 saturated heterocycles. The van der Waals surface area contributed by atoms with E-state index in [2.05, 4.69) is 25.4 Å². The van der Waals surface area contributed by atoms with E-state index in [-0.39, 0.29) is 24.3 Å². The third-order valence-electron chi connectivity index (χ3n) is 4.90. The highest BCUT2D eigenvalue weighted by Gasteiger charge is 2.13. The first kappa shape index (κ1) is 19.8. The van der Waals surface area contributed by atoms with Crippen LogP contribution in [0.4, 0.5) is 5.13 Å². The topological polar surface area (TPSA) is 106 Å². The van der Waals surface area contributed by atoms with E-state index in [1.807, 2.05) is 66.0 Å². The zero-order valence-corrected chi connectivity index (χ0v) is 17.7. The van der Waals surface area contributed by atoms with E-state index >= 15 is 0 Å². The number of carbonyl (C=O) groups excluding carboxylic acids is 1. The van der Waals surface area contributed by atoms with Crippen LogP contribution in [0, 0.1) is 0 Å². The van der Waals surface area contributed by atoms with Crippen LogP contribution in [-0.4, -0.2) is 30.6 Å². The van der Waals surface area contributed by atoms with Crippen molar-refractivity contribution in [2.24, 2.45) is 0 Å². The van der Waals surface area contributed by atoms with Crippen LogP contribution in [0.2, 0.25) is 0 Å². The van der Waals surface area contributed by atoms with Crippen LogP contribution in [-0.2, 0) is 11.2 Å². The Bertz CT molecular complexity index is 1440. The number of H-pyrrole nitrogens is 1. The van der Waals surface area contributed by atoms with Crippen molar-refractivity contribution in [3.63, 3.8) is 0 Å². The molecule has 0 bridgehead atoms. The molecule has 0 aliphatic carbocycles. The van der Waals surface area contributed by atoms with E-state index in [0.717, 1.165) is 16.9 Å². The zero-order chi connectivity index (χ0) is 21.9. The minimum absolute atomic E-state index is 0.161. The third-order valence-corrected chi connectivity index (χ3v) is 5.65. The van der Waals surface area contributed by atoms with Crippen molar-refractivity contribution in [3.8, 4) is 16.9 Å². The van der Waals surface area contributed by atoms with Crippen molar-refractivity contribution >= 4 is 33.4 Å². The molecule has 0 atom stereocenters. The molecule has 3 aromatic heterocycles. The average molecular weight is 443 g/mol. The lowest BCUT2D eigenvalue weighted by atomic mass is 10.2.